The van der Waals surface area contributed by atoms with Crippen LogP contribution in [0.2, 0.25) is 5.02 Å². The molecule has 0 bridgehead atoms. The summed E-state index contributed by atoms with van der Waals surface area (Å²) in [5, 5.41) is 4.09. The van der Waals surface area contributed by atoms with E-state index in [1.165, 1.54) is 5.57 Å². The predicted molar refractivity (Wildman–Crippen MR) is 52.3 cm³/mol. The summed E-state index contributed by atoms with van der Waals surface area (Å²) in [5.41, 5.74) is 2.46. The van der Waals surface area contributed by atoms with Crippen molar-refractivity contribution in [2.75, 3.05) is 13.1 Å². The first-order valence-electron chi connectivity index (χ1n) is 4.02. The first-order valence-corrected chi connectivity index (χ1v) is 4.40. The third-order valence-electron chi connectivity index (χ3n) is 2.03. The molecule has 2 heteroatoms. The Kier molecular flexibility index (Phi) is 2.15. The summed E-state index contributed by atoms with van der Waals surface area (Å²) in [6.07, 6.45) is 2.18. The van der Waals surface area contributed by atoms with E-state index in [0.717, 1.165) is 23.7 Å². The molecule has 2 rings (SSSR count). The number of hydrogen-bond donors (Lipinski definition) is 1. The molecule has 0 saturated heterocycles. The van der Waals surface area contributed by atoms with Crippen LogP contribution in [0.1, 0.15) is 5.56 Å². The van der Waals surface area contributed by atoms with Crippen LogP contribution in [0.3, 0.4) is 0 Å². The van der Waals surface area contributed by atoms with Gasteiger partial charge in [-0.3, -0.25) is 0 Å². The summed E-state index contributed by atoms with van der Waals surface area (Å²) < 4.78 is 0. The van der Waals surface area contributed by atoms with Crippen molar-refractivity contribution in [1.29, 1.82) is 0 Å². The maximum absolute atomic E-state index is 6.04. The van der Waals surface area contributed by atoms with Gasteiger partial charge in [0.1, 0.15) is 0 Å². The van der Waals surface area contributed by atoms with Gasteiger partial charge in [0, 0.05) is 18.1 Å². The predicted octanol–water partition coefficient (Wildman–Crippen LogP) is 2.33. The molecule has 12 heavy (non-hydrogen) atoms. The molecular formula is C10H10ClN. The molecule has 1 aliphatic rings. The first-order chi connectivity index (χ1) is 5.88. The Bertz CT molecular complexity index is 317. The third kappa shape index (κ3) is 1.38. The molecule has 0 aliphatic carbocycles. The standard InChI is InChI=1S/C10H10ClN/c11-10-4-2-1-3-9(10)8-5-6-12-7-8/h1-5,12H,6-7H2. The quantitative estimate of drug-likeness (QED) is 0.698. The fraction of sp³-hybridized carbons (Fsp3) is 0.200. The molecule has 0 spiro atoms. The van der Waals surface area contributed by atoms with Crippen LogP contribution in [0, 0.1) is 0 Å². The molecule has 0 radical (unpaired) electrons. The minimum atomic E-state index is 0.840. The summed E-state index contributed by atoms with van der Waals surface area (Å²) >= 11 is 6.04. The van der Waals surface area contributed by atoms with Crippen LogP contribution in [-0.4, -0.2) is 13.1 Å². The lowest BCUT2D eigenvalue weighted by atomic mass is 10.1. The lowest BCUT2D eigenvalue weighted by Gasteiger charge is -2.03. The zero-order valence-electron chi connectivity index (χ0n) is 6.68. The minimum Gasteiger partial charge on any atom is -0.309 e. The van der Waals surface area contributed by atoms with E-state index in [2.05, 4.69) is 17.5 Å². The second kappa shape index (κ2) is 3.30. The van der Waals surface area contributed by atoms with Crippen molar-refractivity contribution in [3.05, 3.63) is 40.9 Å². The van der Waals surface area contributed by atoms with Gasteiger partial charge in [-0.1, -0.05) is 35.9 Å². The van der Waals surface area contributed by atoms with Gasteiger partial charge < -0.3 is 5.32 Å². The third-order valence-corrected chi connectivity index (χ3v) is 2.36. The molecule has 1 aromatic carbocycles. The smallest absolute Gasteiger partial charge is 0.0481 e. The minimum absolute atomic E-state index is 0.840. The zero-order chi connectivity index (χ0) is 8.39. The average Bonchev–Trinajstić information content (AvgIpc) is 2.57. The Balaban J connectivity index is 2.39. The van der Waals surface area contributed by atoms with E-state index in [0.29, 0.717) is 0 Å². The van der Waals surface area contributed by atoms with Gasteiger partial charge in [-0.15, -0.1) is 0 Å². The van der Waals surface area contributed by atoms with Crippen molar-refractivity contribution in [3.63, 3.8) is 0 Å². The lowest BCUT2D eigenvalue weighted by Crippen LogP contribution is -2.07. The van der Waals surface area contributed by atoms with Gasteiger partial charge in [-0.25, -0.2) is 0 Å². The second-order valence-electron chi connectivity index (χ2n) is 2.84. The molecule has 1 nitrogen and oxygen atoms in total. The van der Waals surface area contributed by atoms with E-state index < -0.39 is 0 Å². The molecule has 0 unspecified atom stereocenters. The first kappa shape index (κ1) is 7.84. The molecule has 62 valence electrons. The van der Waals surface area contributed by atoms with Gasteiger partial charge in [0.05, 0.1) is 0 Å². The van der Waals surface area contributed by atoms with Gasteiger partial charge in [-0.2, -0.15) is 0 Å². The van der Waals surface area contributed by atoms with E-state index in [-0.39, 0.29) is 0 Å². The van der Waals surface area contributed by atoms with Crippen LogP contribution < -0.4 is 5.32 Å². The molecule has 0 aromatic heterocycles. The number of benzene rings is 1. The Labute approximate surface area is 77.0 Å². The molecule has 1 N–H and O–H groups in total. The van der Waals surface area contributed by atoms with Gasteiger partial charge >= 0.3 is 0 Å². The summed E-state index contributed by atoms with van der Waals surface area (Å²) in [6.45, 7) is 1.89. The van der Waals surface area contributed by atoms with Crippen molar-refractivity contribution < 1.29 is 0 Å². The van der Waals surface area contributed by atoms with Gasteiger partial charge in [-0.05, 0) is 17.2 Å². The van der Waals surface area contributed by atoms with E-state index in [9.17, 15) is 0 Å². The van der Waals surface area contributed by atoms with E-state index in [1.807, 2.05) is 18.2 Å². The highest BCUT2D eigenvalue weighted by molar-refractivity contribution is 6.32. The molecule has 1 aliphatic heterocycles. The largest absolute Gasteiger partial charge is 0.309 e. The highest BCUT2D eigenvalue weighted by Gasteiger charge is 2.08. The van der Waals surface area contributed by atoms with Crippen LogP contribution in [-0.2, 0) is 0 Å². The van der Waals surface area contributed by atoms with E-state index in [4.69, 9.17) is 11.6 Å². The van der Waals surface area contributed by atoms with Crippen molar-refractivity contribution in [3.8, 4) is 0 Å². The van der Waals surface area contributed by atoms with Crippen LogP contribution in [0.5, 0.6) is 0 Å². The molecule has 0 fully saturated rings. The van der Waals surface area contributed by atoms with Gasteiger partial charge in [0.25, 0.3) is 0 Å². The molecule has 0 amide bonds. The summed E-state index contributed by atoms with van der Waals surface area (Å²) in [4.78, 5) is 0. The normalized spacial score (nSPS) is 16.2. The molecular weight excluding hydrogens is 170 g/mol. The van der Waals surface area contributed by atoms with Crippen LogP contribution in [0.25, 0.3) is 5.57 Å². The average molecular weight is 180 g/mol. The molecule has 1 aromatic rings. The SMILES string of the molecule is Clc1ccccc1C1=CCNC1. The maximum Gasteiger partial charge on any atom is 0.0481 e. The fourth-order valence-electron chi connectivity index (χ4n) is 1.40. The maximum atomic E-state index is 6.04. The summed E-state index contributed by atoms with van der Waals surface area (Å²) in [5.74, 6) is 0. The Morgan fingerprint density at radius 3 is 2.75 bits per heavy atom. The zero-order valence-corrected chi connectivity index (χ0v) is 7.43. The Hall–Kier alpha value is -0.790. The lowest BCUT2D eigenvalue weighted by molar-refractivity contribution is 0.897. The highest BCUT2D eigenvalue weighted by Crippen LogP contribution is 2.24. The number of hydrogen-bond acceptors (Lipinski definition) is 1. The summed E-state index contributed by atoms with van der Waals surface area (Å²) in [7, 11) is 0. The summed E-state index contributed by atoms with van der Waals surface area (Å²) in [6, 6.07) is 7.95. The fourth-order valence-corrected chi connectivity index (χ4v) is 1.66. The Morgan fingerprint density at radius 1 is 1.25 bits per heavy atom. The van der Waals surface area contributed by atoms with Crippen molar-refractivity contribution in [1.82, 2.24) is 5.32 Å². The van der Waals surface area contributed by atoms with Gasteiger partial charge in [0.15, 0.2) is 0 Å². The number of rotatable bonds is 1. The van der Waals surface area contributed by atoms with Gasteiger partial charge in [0.2, 0.25) is 0 Å². The second-order valence-corrected chi connectivity index (χ2v) is 3.25. The number of nitrogens with one attached hydrogen (secondary N) is 1. The van der Waals surface area contributed by atoms with Crippen molar-refractivity contribution in [2.45, 2.75) is 0 Å². The highest BCUT2D eigenvalue weighted by atomic mass is 35.5. The van der Waals surface area contributed by atoms with E-state index in [1.54, 1.807) is 0 Å². The van der Waals surface area contributed by atoms with Crippen molar-refractivity contribution in [2.24, 2.45) is 0 Å². The van der Waals surface area contributed by atoms with Crippen LogP contribution in [0.15, 0.2) is 30.3 Å². The number of halogens is 1. The topological polar surface area (TPSA) is 12.0 Å². The Morgan fingerprint density at radius 2 is 2.08 bits per heavy atom. The molecule has 0 saturated carbocycles. The van der Waals surface area contributed by atoms with E-state index >= 15 is 0 Å². The van der Waals surface area contributed by atoms with Crippen LogP contribution in [0.4, 0.5) is 0 Å². The van der Waals surface area contributed by atoms with Crippen molar-refractivity contribution >= 4 is 17.2 Å². The molecule has 0 atom stereocenters. The molecule has 1 heterocycles. The van der Waals surface area contributed by atoms with Crippen LogP contribution >= 0.6 is 11.6 Å². The monoisotopic (exact) mass is 179 g/mol.